The summed E-state index contributed by atoms with van der Waals surface area (Å²) >= 11 is 0. The zero-order valence-electron chi connectivity index (χ0n) is 23.7. The maximum absolute atomic E-state index is 13.3. The molecule has 1 unspecified atom stereocenters. The van der Waals surface area contributed by atoms with Crippen molar-refractivity contribution < 1.29 is 33.4 Å². The van der Waals surface area contributed by atoms with Crippen LogP contribution in [0.15, 0.2) is 72.8 Å². The van der Waals surface area contributed by atoms with Crippen molar-refractivity contribution in [1.29, 1.82) is 0 Å². The number of rotatable bonds is 8. The average Bonchev–Trinajstić information content (AvgIpc) is 3.41. The van der Waals surface area contributed by atoms with E-state index in [1.807, 2.05) is 6.07 Å². The van der Waals surface area contributed by atoms with Gasteiger partial charge in [-0.25, -0.2) is 9.69 Å². The van der Waals surface area contributed by atoms with Crippen molar-refractivity contribution in [2.24, 2.45) is 0 Å². The predicted molar refractivity (Wildman–Crippen MR) is 156 cm³/mol. The van der Waals surface area contributed by atoms with Crippen LogP contribution in [-0.4, -0.2) is 59.4 Å². The molecular weight excluding hydrogens is 552 g/mol. The van der Waals surface area contributed by atoms with Crippen molar-refractivity contribution >= 4 is 41.0 Å². The van der Waals surface area contributed by atoms with E-state index in [1.165, 1.54) is 14.7 Å². The van der Waals surface area contributed by atoms with E-state index in [4.69, 9.17) is 9.47 Å². The minimum Gasteiger partial charge on any atom is -0.490 e. The fourth-order valence-corrected chi connectivity index (χ4v) is 5.73. The summed E-state index contributed by atoms with van der Waals surface area (Å²) in [6.07, 6.45) is 0.479. The van der Waals surface area contributed by atoms with Crippen LogP contribution in [0.5, 0.6) is 11.5 Å². The Hall–Kier alpha value is -5.19. The first-order chi connectivity index (χ1) is 20.7. The van der Waals surface area contributed by atoms with Gasteiger partial charge in [-0.05, 0) is 68.8 Å². The van der Waals surface area contributed by atoms with E-state index in [0.29, 0.717) is 34.0 Å². The number of ether oxygens (including phenoxy) is 2. The zero-order valence-corrected chi connectivity index (χ0v) is 23.7. The van der Waals surface area contributed by atoms with Gasteiger partial charge in [0.15, 0.2) is 0 Å². The summed E-state index contributed by atoms with van der Waals surface area (Å²) in [6.45, 7) is 4.06. The Labute approximate surface area is 248 Å². The summed E-state index contributed by atoms with van der Waals surface area (Å²) in [6, 6.07) is 19.8. The van der Waals surface area contributed by atoms with Gasteiger partial charge in [0, 0.05) is 23.2 Å². The fraction of sp³-hybridized carbons (Fsp3) is 0.281. The van der Waals surface area contributed by atoms with Crippen molar-refractivity contribution in [2.75, 3.05) is 23.0 Å². The number of piperidine rings is 1. The second kappa shape index (κ2) is 10.9. The van der Waals surface area contributed by atoms with Gasteiger partial charge in [0.1, 0.15) is 36.3 Å². The van der Waals surface area contributed by atoms with E-state index < -0.39 is 23.5 Å². The summed E-state index contributed by atoms with van der Waals surface area (Å²) in [7, 11) is 0. The summed E-state index contributed by atoms with van der Waals surface area (Å²) in [5, 5.41) is 2.31. The smallest absolute Gasteiger partial charge is 0.336 e. The number of hydrogen-bond donors (Lipinski definition) is 1. The van der Waals surface area contributed by atoms with Crippen LogP contribution in [-0.2, 0) is 20.9 Å². The summed E-state index contributed by atoms with van der Waals surface area (Å²) < 4.78 is 11.8. The Balaban J connectivity index is 1.07. The highest BCUT2D eigenvalue weighted by atomic mass is 16.5. The van der Waals surface area contributed by atoms with Crippen LogP contribution in [0.2, 0.25) is 0 Å². The first-order valence-electron chi connectivity index (χ1n) is 14.0. The number of hydrogen-bond acceptors (Lipinski definition) is 7. The van der Waals surface area contributed by atoms with Crippen LogP contribution in [0.25, 0.3) is 0 Å². The number of carbonyl (C=O) groups excluding carboxylic acids is 5. The Morgan fingerprint density at radius 2 is 1.56 bits per heavy atom. The average molecular weight is 583 g/mol. The van der Waals surface area contributed by atoms with Crippen molar-refractivity contribution in [3.8, 4) is 11.5 Å². The molecule has 3 aliphatic rings. The van der Waals surface area contributed by atoms with E-state index in [2.05, 4.69) is 5.32 Å². The molecule has 0 radical (unpaired) electrons. The number of imide groups is 2. The van der Waals surface area contributed by atoms with Gasteiger partial charge in [0.2, 0.25) is 11.8 Å². The maximum Gasteiger partial charge on any atom is 0.336 e. The first kappa shape index (κ1) is 28.0. The number of anilines is 2. The number of nitrogens with zero attached hydrogens (tertiary/aromatic N) is 3. The lowest BCUT2D eigenvalue weighted by Gasteiger charge is -2.29. The van der Waals surface area contributed by atoms with E-state index in [0.717, 1.165) is 0 Å². The molecular formula is C32H30N4O7. The van der Waals surface area contributed by atoms with Gasteiger partial charge in [-0.1, -0.05) is 24.3 Å². The third kappa shape index (κ3) is 4.96. The van der Waals surface area contributed by atoms with Gasteiger partial charge in [0.25, 0.3) is 11.8 Å². The first-order valence-corrected chi connectivity index (χ1v) is 14.0. The highest BCUT2D eigenvalue weighted by molar-refractivity contribution is 6.30. The number of para-hydroxylation sites is 1. The molecule has 43 heavy (non-hydrogen) atoms. The molecule has 1 N–H and O–H groups in total. The van der Waals surface area contributed by atoms with Crippen LogP contribution in [0.4, 0.5) is 16.2 Å². The van der Waals surface area contributed by atoms with Gasteiger partial charge >= 0.3 is 6.03 Å². The number of amides is 6. The third-order valence-corrected chi connectivity index (χ3v) is 7.93. The Kier molecular flexibility index (Phi) is 7.09. The monoisotopic (exact) mass is 582 g/mol. The third-order valence-electron chi connectivity index (χ3n) is 7.93. The van der Waals surface area contributed by atoms with Crippen LogP contribution in [0, 0.1) is 0 Å². The molecule has 0 spiro atoms. The second-order valence-electron chi connectivity index (χ2n) is 11.0. The normalized spacial score (nSPS) is 19.5. The molecule has 220 valence electrons. The lowest BCUT2D eigenvalue weighted by atomic mass is 10.0. The molecule has 3 aromatic carbocycles. The molecule has 6 amide bonds. The fourth-order valence-electron chi connectivity index (χ4n) is 5.73. The zero-order chi connectivity index (χ0) is 30.3. The molecule has 0 saturated carbocycles. The predicted octanol–water partition coefficient (Wildman–Crippen LogP) is 3.66. The van der Waals surface area contributed by atoms with Crippen molar-refractivity contribution in [1.82, 2.24) is 10.2 Å². The minimum absolute atomic E-state index is 0.189. The van der Waals surface area contributed by atoms with Crippen LogP contribution in [0.1, 0.15) is 42.6 Å². The van der Waals surface area contributed by atoms with Gasteiger partial charge < -0.3 is 14.4 Å². The number of fused-ring (bicyclic) bond motifs is 1. The number of benzene rings is 3. The molecule has 11 heteroatoms. The molecule has 3 aromatic rings. The molecule has 1 atom stereocenters. The lowest BCUT2D eigenvalue weighted by molar-refractivity contribution is -0.137. The standard InChI is InChI=1S/C32H30N4O7/c1-32(2)30(40)35(20-7-4-3-5-8-20)31(41)36(32)21-11-13-22(14-12-21)42-17-18-43-26-10-6-9-23-24(26)19-34(29(23)39)25-15-16-27(37)33-28(25)38/h3-14,25H,15-19H2,1-2H3,(H,33,37,38). The Bertz CT molecular complexity index is 1620. The van der Waals surface area contributed by atoms with E-state index in [-0.39, 0.29) is 50.3 Å². The minimum atomic E-state index is -1.08. The molecule has 3 aliphatic heterocycles. The quantitative estimate of drug-likeness (QED) is 0.244. The number of nitrogens with one attached hydrogen (secondary N) is 1. The SMILES string of the molecule is CC1(C)C(=O)N(c2ccccc2)C(=O)N1c1ccc(OCCOc2cccc3c2CN(C2CCC(=O)NC2=O)C3=O)cc1. The van der Waals surface area contributed by atoms with E-state index in [9.17, 15) is 24.0 Å². The van der Waals surface area contributed by atoms with Crippen molar-refractivity contribution in [3.63, 3.8) is 0 Å². The summed E-state index contributed by atoms with van der Waals surface area (Å²) in [5.41, 5.74) is 1.18. The highest BCUT2D eigenvalue weighted by Gasteiger charge is 2.52. The lowest BCUT2D eigenvalue weighted by Crippen LogP contribution is -2.52. The summed E-state index contributed by atoms with van der Waals surface area (Å²) in [4.78, 5) is 67.5. The van der Waals surface area contributed by atoms with Gasteiger partial charge in [-0.15, -0.1) is 0 Å². The second-order valence-corrected chi connectivity index (χ2v) is 11.0. The molecule has 6 rings (SSSR count). The molecule has 0 aromatic heterocycles. The number of urea groups is 1. The molecule has 0 bridgehead atoms. The summed E-state index contributed by atoms with van der Waals surface area (Å²) in [5.74, 6) is -0.281. The highest BCUT2D eigenvalue weighted by Crippen LogP contribution is 2.37. The van der Waals surface area contributed by atoms with Gasteiger partial charge in [0.05, 0.1) is 12.2 Å². The maximum atomic E-state index is 13.3. The van der Waals surface area contributed by atoms with Gasteiger partial charge in [-0.3, -0.25) is 29.4 Å². The molecule has 2 saturated heterocycles. The van der Waals surface area contributed by atoms with Crippen LogP contribution < -0.4 is 24.6 Å². The van der Waals surface area contributed by atoms with Crippen molar-refractivity contribution in [2.45, 2.75) is 44.8 Å². The largest absolute Gasteiger partial charge is 0.490 e. The molecule has 2 fully saturated rings. The Morgan fingerprint density at radius 1 is 0.837 bits per heavy atom. The van der Waals surface area contributed by atoms with E-state index >= 15 is 0 Å². The topological polar surface area (TPSA) is 126 Å². The van der Waals surface area contributed by atoms with Crippen molar-refractivity contribution in [3.05, 3.63) is 83.9 Å². The van der Waals surface area contributed by atoms with Crippen LogP contribution in [0.3, 0.4) is 0 Å². The van der Waals surface area contributed by atoms with Gasteiger partial charge in [-0.2, -0.15) is 0 Å². The Morgan fingerprint density at radius 3 is 2.28 bits per heavy atom. The van der Waals surface area contributed by atoms with Crippen LogP contribution >= 0.6 is 0 Å². The molecule has 11 nitrogen and oxygen atoms in total. The number of carbonyl (C=O) groups is 5. The molecule has 3 heterocycles. The molecule has 0 aliphatic carbocycles. The van der Waals surface area contributed by atoms with E-state index in [1.54, 1.807) is 80.6 Å².